The van der Waals surface area contributed by atoms with Crippen LogP contribution >= 0.6 is 27.3 Å². The van der Waals surface area contributed by atoms with E-state index in [-0.39, 0.29) is 5.82 Å². The first-order valence-electron chi connectivity index (χ1n) is 4.96. The zero-order chi connectivity index (χ0) is 13.3. The van der Waals surface area contributed by atoms with E-state index in [2.05, 4.69) is 20.7 Å². The number of hydrogen-bond acceptors (Lipinski definition) is 4. The van der Waals surface area contributed by atoms with Crippen LogP contribution in [-0.4, -0.2) is 13.1 Å². The third kappa shape index (κ3) is 2.39. The average molecular weight is 330 g/mol. The van der Waals surface area contributed by atoms with Gasteiger partial charge in [-0.2, -0.15) is 0 Å². The highest BCUT2D eigenvalue weighted by Crippen LogP contribution is 2.34. The lowest BCUT2D eigenvalue weighted by molar-refractivity contribution is 0.0607. The van der Waals surface area contributed by atoms with Crippen molar-refractivity contribution >= 4 is 38.9 Å². The molecule has 0 bridgehead atoms. The molecule has 18 heavy (non-hydrogen) atoms. The van der Waals surface area contributed by atoms with E-state index in [4.69, 9.17) is 5.73 Å². The zero-order valence-electron chi connectivity index (χ0n) is 9.37. The Hall–Kier alpha value is -1.40. The van der Waals surface area contributed by atoms with Gasteiger partial charge in [0.1, 0.15) is 10.7 Å². The third-order valence-electron chi connectivity index (χ3n) is 2.34. The number of benzene rings is 1. The summed E-state index contributed by atoms with van der Waals surface area (Å²) in [5, 5.41) is 0. The van der Waals surface area contributed by atoms with Crippen molar-refractivity contribution in [2.75, 3.05) is 12.8 Å². The smallest absolute Gasteiger partial charge is 0.350 e. The molecular formula is C12H9BrFNO2S. The molecule has 0 amide bonds. The molecule has 0 saturated carbocycles. The molecule has 1 aromatic carbocycles. The highest BCUT2D eigenvalue weighted by molar-refractivity contribution is 9.10. The summed E-state index contributed by atoms with van der Waals surface area (Å²) < 4.78 is 18.4. The molecule has 0 spiro atoms. The lowest BCUT2D eigenvalue weighted by Crippen LogP contribution is -2.00. The number of nitrogen functional groups attached to an aromatic ring is 1. The summed E-state index contributed by atoms with van der Waals surface area (Å²) in [6, 6.07) is 6.38. The van der Waals surface area contributed by atoms with Crippen molar-refractivity contribution < 1.29 is 13.9 Å². The van der Waals surface area contributed by atoms with E-state index >= 15 is 0 Å². The van der Waals surface area contributed by atoms with Gasteiger partial charge in [-0.15, -0.1) is 11.3 Å². The van der Waals surface area contributed by atoms with Gasteiger partial charge in [0, 0.05) is 4.88 Å². The van der Waals surface area contributed by atoms with Crippen LogP contribution in [0.2, 0.25) is 0 Å². The highest BCUT2D eigenvalue weighted by Gasteiger charge is 2.16. The van der Waals surface area contributed by atoms with Crippen LogP contribution in [0.5, 0.6) is 0 Å². The molecule has 0 aliphatic heterocycles. The number of halogens is 2. The summed E-state index contributed by atoms with van der Waals surface area (Å²) in [5.74, 6) is -0.847. The molecule has 0 aliphatic rings. The zero-order valence-corrected chi connectivity index (χ0v) is 11.8. The number of thiophene rings is 1. The predicted molar refractivity (Wildman–Crippen MR) is 73.2 cm³/mol. The van der Waals surface area contributed by atoms with Crippen LogP contribution in [0.3, 0.4) is 0 Å². The van der Waals surface area contributed by atoms with Gasteiger partial charge in [0.2, 0.25) is 0 Å². The van der Waals surface area contributed by atoms with Gasteiger partial charge in [0.15, 0.2) is 0 Å². The molecular weight excluding hydrogens is 321 g/mol. The normalized spacial score (nSPS) is 10.4. The first-order valence-corrected chi connectivity index (χ1v) is 6.57. The number of anilines is 1. The molecule has 1 heterocycles. The van der Waals surface area contributed by atoms with Crippen LogP contribution in [0.1, 0.15) is 9.67 Å². The largest absolute Gasteiger partial charge is 0.465 e. The van der Waals surface area contributed by atoms with E-state index in [0.29, 0.717) is 20.6 Å². The molecule has 1 aromatic heterocycles. The van der Waals surface area contributed by atoms with Gasteiger partial charge in [-0.3, -0.25) is 0 Å². The highest BCUT2D eigenvalue weighted by atomic mass is 79.9. The van der Waals surface area contributed by atoms with E-state index in [1.165, 1.54) is 24.5 Å². The molecule has 0 atom stereocenters. The van der Waals surface area contributed by atoms with Crippen LogP contribution in [0, 0.1) is 5.82 Å². The van der Waals surface area contributed by atoms with Gasteiger partial charge in [-0.1, -0.05) is 6.07 Å². The molecule has 0 saturated heterocycles. The number of ether oxygens (including phenoxy) is 1. The molecule has 3 nitrogen and oxygen atoms in total. The van der Waals surface area contributed by atoms with Gasteiger partial charge in [-0.25, -0.2) is 9.18 Å². The van der Waals surface area contributed by atoms with E-state index < -0.39 is 5.97 Å². The van der Waals surface area contributed by atoms with E-state index in [9.17, 15) is 9.18 Å². The molecule has 94 valence electrons. The Morgan fingerprint density at radius 3 is 2.78 bits per heavy atom. The lowest BCUT2D eigenvalue weighted by Gasteiger charge is -1.99. The van der Waals surface area contributed by atoms with E-state index in [1.807, 2.05) is 0 Å². The fourth-order valence-electron chi connectivity index (χ4n) is 1.45. The Balaban J connectivity index is 2.45. The molecule has 0 unspecified atom stereocenters. The fourth-order valence-corrected chi connectivity index (χ4v) is 2.69. The summed E-state index contributed by atoms with van der Waals surface area (Å²) in [5.41, 5.74) is 6.74. The standard InChI is InChI=1S/C12H9BrFNO2S/c1-17-12(16)11-9(15)5-10(18-11)6-2-3-7(13)8(14)4-6/h2-5H,15H2,1H3. The predicted octanol–water partition coefficient (Wildman–Crippen LogP) is 3.69. The number of esters is 1. The van der Waals surface area contributed by atoms with Gasteiger partial charge >= 0.3 is 5.97 Å². The van der Waals surface area contributed by atoms with Crippen LogP contribution in [0.4, 0.5) is 10.1 Å². The number of carbonyl (C=O) groups excluding carboxylic acids is 1. The minimum absolute atomic E-state index is 0.329. The van der Waals surface area contributed by atoms with Crippen molar-refractivity contribution in [3.63, 3.8) is 0 Å². The summed E-state index contributed by atoms with van der Waals surface area (Å²) in [4.78, 5) is 12.5. The average Bonchev–Trinajstić information content (AvgIpc) is 2.74. The van der Waals surface area contributed by atoms with Crippen LogP contribution in [0.25, 0.3) is 10.4 Å². The molecule has 2 aromatic rings. The molecule has 0 aliphatic carbocycles. The number of nitrogens with two attached hydrogens (primary N) is 1. The number of hydrogen-bond donors (Lipinski definition) is 1. The van der Waals surface area contributed by atoms with E-state index in [1.54, 1.807) is 18.2 Å². The van der Waals surface area contributed by atoms with Crippen molar-refractivity contribution in [2.45, 2.75) is 0 Å². The minimum Gasteiger partial charge on any atom is -0.465 e. The molecule has 2 N–H and O–H groups in total. The quantitative estimate of drug-likeness (QED) is 0.855. The maximum atomic E-state index is 13.4. The van der Waals surface area contributed by atoms with Crippen LogP contribution in [0.15, 0.2) is 28.7 Å². The Kier molecular flexibility index (Phi) is 3.68. The van der Waals surface area contributed by atoms with Gasteiger partial charge < -0.3 is 10.5 Å². The Morgan fingerprint density at radius 1 is 1.44 bits per heavy atom. The summed E-state index contributed by atoms with van der Waals surface area (Å²) in [6.45, 7) is 0. The van der Waals surface area contributed by atoms with Gasteiger partial charge in [0.25, 0.3) is 0 Å². The Bertz CT molecular complexity index is 612. The second-order valence-corrected chi connectivity index (χ2v) is 5.42. The minimum atomic E-state index is -0.485. The summed E-state index contributed by atoms with van der Waals surface area (Å²) in [7, 11) is 1.29. The number of methoxy groups -OCH3 is 1. The second kappa shape index (κ2) is 5.07. The number of rotatable bonds is 2. The molecule has 6 heteroatoms. The Labute approximate surface area is 116 Å². The monoisotopic (exact) mass is 329 g/mol. The maximum Gasteiger partial charge on any atom is 0.350 e. The second-order valence-electron chi connectivity index (χ2n) is 3.52. The van der Waals surface area contributed by atoms with Gasteiger partial charge in [-0.05, 0) is 39.7 Å². The van der Waals surface area contributed by atoms with Crippen LogP contribution < -0.4 is 5.73 Å². The SMILES string of the molecule is COC(=O)c1sc(-c2ccc(Br)c(F)c2)cc1N. The topological polar surface area (TPSA) is 52.3 Å². The molecule has 2 rings (SSSR count). The maximum absolute atomic E-state index is 13.4. The van der Waals surface area contributed by atoms with E-state index in [0.717, 1.165) is 4.88 Å². The fraction of sp³-hybridized carbons (Fsp3) is 0.0833. The lowest BCUT2D eigenvalue weighted by atomic mass is 10.2. The third-order valence-corrected chi connectivity index (χ3v) is 4.16. The summed E-state index contributed by atoms with van der Waals surface area (Å²) in [6.07, 6.45) is 0. The first-order chi connectivity index (χ1) is 8.52. The van der Waals surface area contributed by atoms with Crippen molar-refractivity contribution in [2.24, 2.45) is 0 Å². The molecule has 0 fully saturated rings. The van der Waals surface area contributed by atoms with Crippen molar-refractivity contribution in [3.05, 3.63) is 39.4 Å². The summed E-state index contributed by atoms with van der Waals surface area (Å²) >= 11 is 4.26. The van der Waals surface area contributed by atoms with Crippen molar-refractivity contribution in [3.8, 4) is 10.4 Å². The molecule has 0 radical (unpaired) electrons. The first kappa shape index (κ1) is 13.0. The van der Waals surface area contributed by atoms with Crippen LogP contribution in [-0.2, 0) is 4.74 Å². The van der Waals surface area contributed by atoms with Gasteiger partial charge in [0.05, 0.1) is 17.3 Å². The van der Waals surface area contributed by atoms with Crippen molar-refractivity contribution in [1.82, 2.24) is 0 Å². The number of carbonyl (C=O) groups is 1. The Morgan fingerprint density at radius 2 is 2.17 bits per heavy atom. The van der Waals surface area contributed by atoms with Crippen molar-refractivity contribution in [1.29, 1.82) is 0 Å².